The first-order valence-electron chi connectivity index (χ1n) is 14.2. The lowest BCUT2D eigenvalue weighted by atomic mass is 9.48. The van der Waals surface area contributed by atoms with Gasteiger partial charge in [-0.2, -0.15) is 0 Å². The Bertz CT molecular complexity index is 924. The van der Waals surface area contributed by atoms with Crippen LogP contribution in [0.15, 0.2) is 12.1 Å². The molecule has 2 bridgehead atoms. The van der Waals surface area contributed by atoms with Gasteiger partial charge in [-0.05, 0) is 69.0 Å². The zero-order valence-corrected chi connectivity index (χ0v) is 22.7. The van der Waals surface area contributed by atoms with Gasteiger partial charge in [0.1, 0.15) is 6.10 Å². The molecule has 0 radical (unpaired) electrons. The zero-order chi connectivity index (χ0) is 26.0. The Morgan fingerprint density at radius 1 is 1.11 bits per heavy atom. The molecule has 8 heteroatoms. The molecular formula is C29H45NO7. The fourth-order valence-electron chi connectivity index (χ4n) is 7.66. The number of likely N-dealkylation sites (tertiary alicyclic amines) is 1. The second kappa shape index (κ2) is 11.4. The smallest absolute Gasteiger partial charge is 0.189 e. The van der Waals surface area contributed by atoms with E-state index in [2.05, 4.69) is 17.9 Å². The molecule has 6 rings (SSSR count). The number of nitrogens with zero attached hydrogens (tertiary/aromatic N) is 1. The summed E-state index contributed by atoms with van der Waals surface area (Å²) in [5.41, 5.74) is 1.24. The Morgan fingerprint density at radius 3 is 2.68 bits per heavy atom. The maximum absolute atomic E-state index is 12.6. The Hall–Kier alpha value is -1.42. The molecule has 2 N–H and O–H groups in total. The highest BCUT2D eigenvalue weighted by Gasteiger charge is 2.73. The highest BCUT2D eigenvalue weighted by molar-refractivity contribution is 5.63. The van der Waals surface area contributed by atoms with Gasteiger partial charge in [0.2, 0.25) is 0 Å². The van der Waals surface area contributed by atoms with E-state index in [1.165, 1.54) is 30.4 Å². The summed E-state index contributed by atoms with van der Waals surface area (Å²) in [5, 5.41) is 19.6. The molecule has 5 aliphatic rings. The molecule has 2 saturated carbocycles. The van der Waals surface area contributed by atoms with Gasteiger partial charge in [-0.25, -0.2) is 0 Å². The summed E-state index contributed by atoms with van der Waals surface area (Å²) in [6.07, 6.45) is 8.16. The van der Waals surface area contributed by atoms with Crippen LogP contribution in [0.25, 0.3) is 0 Å². The van der Waals surface area contributed by atoms with Crippen LogP contribution in [0.1, 0.15) is 63.0 Å². The first-order chi connectivity index (χ1) is 18.1. The summed E-state index contributed by atoms with van der Waals surface area (Å²) in [4.78, 5) is 2.62. The summed E-state index contributed by atoms with van der Waals surface area (Å²) in [5.74, 6) is 2.30. The van der Waals surface area contributed by atoms with Crippen LogP contribution in [0, 0.1) is 5.92 Å². The van der Waals surface area contributed by atoms with Crippen LogP contribution < -0.4 is 9.47 Å². The number of ether oxygens (including phenoxy) is 5. The van der Waals surface area contributed by atoms with Crippen molar-refractivity contribution in [2.45, 2.75) is 87.6 Å². The van der Waals surface area contributed by atoms with E-state index in [1.54, 1.807) is 7.11 Å². The largest absolute Gasteiger partial charge is 0.482 e. The second-order valence-corrected chi connectivity index (χ2v) is 11.2. The monoisotopic (exact) mass is 519 g/mol. The normalized spacial score (nSPS) is 33.6. The van der Waals surface area contributed by atoms with Crippen molar-refractivity contribution in [3.63, 3.8) is 0 Å². The van der Waals surface area contributed by atoms with Gasteiger partial charge < -0.3 is 33.9 Å². The van der Waals surface area contributed by atoms with E-state index in [0.29, 0.717) is 19.0 Å². The third-order valence-electron chi connectivity index (χ3n) is 9.49. The summed E-state index contributed by atoms with van der Waals surface area (Å²) >= 11 is 0. The molecule has 5 atom stereocenters. The van der Waals surface area contributed by atoms with Crippen LogP contribution in [0.4, 0.5) is 0 Å². The van der Waals surface area contributed by atoms with E-state index in [-0.39, 0.29) is 25.0 Å². The quantitative estimate of drug-likeness (QED) is 0.341. The number of hydrogen-bond donors (Lipinski definition) is 2. The van der Waals surface area contributed by atoms with Crippen molar-refractivity contribution in [3.05, 3.63) is 23.3 Å². The third-order valence-corrected chi connectivity index (χ3v) is 9.49. The van der Waals surface area contributed by atoms with Crippen molar-refractivity contribution in [2.75, 3.05) is 53.9 Å². The van der Waals surface area contributed by atoms with Gasteiger partial charge in [-0.15, -0.1) is 0 Å². The van der Waals surface area contributed by atoms with Gasteiger partial charge >= 0.3 is 0 Å². The maximum atomic E-state index is 12.6. The van der Waals surface area contributed by atoms with Gasteiger partial charge in [0.15, 0.2) is 18.3 Å². The summed E-state index contributed by atoms with van der Waals surface area (Å²) in [6.45, 7) is 6.15. The lowest BCUT2D eigenvalue weighted by Crippen LogP contribution is -2.77. The van der Waals surface area contributed by atoms with Gasteiger partial charge in [-0.3, -0.25) is 4.90 Å². The summed E-state index contributed by atoms with van der Waals surface area (Å²) in [7, 11) is 2.66. The molecule has 2 unspecified atom stereocenters. The molecule has 0 aromatic heterocycles. The van der Waals surface area contributed by atoms with Crippen LogP contribution in [0.3, 0.4) is 0 Å². The van der Waals surface area contributed by atoms with E-state index in [9.17, 15) is 5.11 Å². The third kappa shape index (κ3) is 4.38. The van der Waals surface area contributed by atoms with Crippen molar-refractivity contribution >= 4 is 0 Å². The number of hydrogen-bond acceptors (Lipinski definition) is 8. The predicted molar refractivity (Wildman–Crippen MR) is 139 cm³/mol. The van der Waals surface area contributed by atoms with Gasteiger partial charge in [0, 0.05) is 39.0 Å². The van der Waals surface area contributed by atoms with Crippen LogP contribution in [-0.2, 0) is 26.0 Å². The van der Waals surface area contributed by atoms with Crippen LogP contribution in [0.2, 0.25) is 0 Å². The van der Waals surface area contributed by atoms with Crippen molar-refractivity contribution < 1.29 is 33.9 Å². The van der Waals surface area contributed by atoms with E-state index in [0.717, 1.165) is 70.6 Å². The molecule has 1 aromatic rings. The SMILES string of the molecule is CCCOC1CC[C@@]2(O)[C@H]3Cc4ccc(OCOCCOC)c5c4[C@@]2(CCN3CC2CCC2)C1O5.CO. The van der Waals surface area contributed by atoms with Gasteiger partial charge in [-0.1, -0.05) is 19.4 Å². The number of rotatable bonds is 11. The first-order valence-corrected chi connectivity index (χ1v) is 14.2. The van der Waals surface area contributed by atoms with Crippen molar-refractivity contribution in [1.82, 2.24) is 4.90 Å². The van der Waals surface area contributed by atoms with E-state index in [4.69, 9.17) is 28.8 Å². The molecule has 8 nitrogen and oxygen atoms in total. The van der Waals surface area contributed by atoms with Crippen LogP contribution in [-0.4, -0.2) is 92.9 Å². The van der Waals surface area contributed by atoms with Gasteiger partial charge in [0.05, 0.1) is 30.3 Å². The minimum absolute atomic E-state index is 0.0155. The Labute approximate surface area is 221 Å². The predicted octanol–water partition coefficient (Wildman–Crippen LogP) is 3.04. The molecule has 3 aliphatic carbocycles. The molecule has 2 heterocycles. The molecular weight excluding hydrogens is 474 g/mol. The first kappa shape index (κ1) is 27.2. The highest BCUT2D eigenvalue weighted by atomic mass is 16.7. The zero-order valence-electron chi connectivity index (χ0n) is 22.7. The topological polar surface area (TPSA) is 89.9 Å². The summed E-state index contributed by atoms with van der Waals surface area (Å²) < 4.78 is 29.9. The average molecular weight is 520 g/mol. The van der Waals surface area contributed by atoms with E-state index < -0.39 is 11.0 Å². The van der Waals surface area contributed by atoms with E-state index in [1.807, 2.05) is 6.07 Å². The van der Waals surface area contributed by atoms with Crippen LogP contribution in [0.5, 0.6) is 11.5 Å². The van der Waals surface area contributed by atoms with Crippen molar-refractivity contribution in [1.29, 1.82) is 0 Å². The maximum Gasteiger partial charge on any atom is 0.189 e. The van der Waals surface area contributed by atoms with E-state index >= 15 is 0 Å². The number of piperidine rings is 1. The number of aliphatic hydroxyl groups excluding tert-OH is 1. The van der Waals surface area contributed by atoms with Gasteiger partial charge in [0.25, 0.3) is 0 Å². The number of aliphatic hydroxyl groups is 2. The molecule has 3 fully saturated rings. The fourth-order valence-corrected chi connectivity index (χ4v) is 7.66. The lowest BCUT2D eigenvalue weighted by molar-refractivity contribution is -0.216. The Kier molecular flexibility index (Phi) is 8.34. The molecule has 1 spiro atoms. The molecule has 1 aromatic carbocycles. The molecule has 37 heavy (non-hydrogen) atoms. The molecule has 2 aliphatic heterocycles. The Balaban J connectivity index is 0.00000137. The molecule has 1 saturated heterocycles. The van der Waals surface area contributed by atoms with Crippen LogP contribution >= 0.6 is 0 Å². The highest BCUT2D eigenvalue weighted by Crippen LogP contribution is 2.66. The second-order valence-electron chi connectivity index (χ2n) is 11.2. The Morgan fingerprint density at radius 2 is 1.95 bits per heavy atom. The fraction of sp³-hybridized carbons (Fsp3) is 0.793. The summed E-state index contributed by atoms with van der Waals surface area (Å²) in [6, 6.07) is 4.37. The molecule has 0 amide bonds. The minimum atomic E-state index is -0.808. The lowest BCUT2D eigenvalue weighted by Gasteiger charge is -2.64. The molecule has 208 valence electrons. The standard InChI is InChI=1S/C28H41NO6.CH4O/c1-3-13-33-22-9-10-28(30)23-16-20-7-8-21(34-18-32-15-14-31-2)25-24(20)27(28,26(22)35-25)11-12-29(23)17-19-5-4-6-19;1-2/h7-8,19,22-23,26,30H,3-6,9-18H2,1-2H3;2H,1H3/t22?,23-,26?,27+,28-;/m1./s1. The minimum Gasteiger partial charge on any atom is -0.482 e. The van der Waals surface area contributed by atoms with Crippen molar-refractivity contribution in [2.24, 2.45) is 5.92 Å². The van der Waals surface area contributed by atoms with Crippen molar-refractivity contribution in [3.8, 4) is 11.5 Å². The average Bonchev–Trinajstić information content (AvgIpc) is 3.24. The number of methoxy groups -OCH3 is 1. The number of benzene rings is 1.